The maximum atomic E-state index is 10.9. The summed E-state index contributed by atoms with van der Waals surface area (Å²) >= 11 is 0. The van der Waals surface area contributed by atoms with Gasteiger partial charge in [-0.05, 0) is 32.4 Å². The van der Waals surface area contributed by atoms with Crippen molar-refractivity contribution >= 4 is 5.78 Å². The molecule has 0 saturated carbocycles. The topological polar surface area (TPSA) is 37.3 Å². The first-order valence-corrected chi connectivity index (χ1v) is 3.16. The Morgan fingerprint density at radius 2 is 1.80 bits per heavy atom. The number of hydrogen-bond acceptors (Lipinski definition) is 2. The smallest absolute Gasteiger partial charge is 0.222 e. The number of hydrogen-bond donors (Lipinski definition) is 1. The van der Waals surface area contributed by atoms with Gasteiger partial charge in [0.1, 0.15) is 0 Å². The average molecular weight is 140 g/mol. The molecule has 0 unspecified atom stereocenters. The lowest BCUT2D eigenvalue weighted by atomic mass is 10.1. The molecule has 0 aliphatic heterocycles. The summed E-state index contributed by atoms with van der Waals surface area (Å²) in [6, 6.07) is 0. The third-order valence-corrected chi connectivity index (χ3v) is 1.30. The monoisotopic (exact) mass is 140 g/mol. The first-order chi connectivity index (χ1) is 4.63. The van der Waals surface area contributed by atoms with Crippen LogP contribution in [0, 0.1) is 0 Å². The van der Waals surface area contributed by atoms with Crippen LogP contribution < -0.4 is 0 Å². The molecule has 2 nitrogen and oxygen atoms in total. The lowest BCUT2D eigenvalue weighted by Gasteiger charge is -1.96. The SMILES string of the molecule is CC=C(C)C(=O)/C(O)=C\C. The number of carbonyl (C=O) groups is 1. The quantitative estimate of drug-likeness (QED) is 0.470. The molecule has 0 fully saturated rings. The average Bonchev–Trinajstić information content (AvgIpc) is 2.00. The second kappa shape index (κ2) is 3.88. The van der Waals surface area contributed by atoms with Gasteiger partial charge >= 0.3 is 0 Å². The van der Waals surface area contributed by atoms with E-state index < -0.39 is 0 Å². The van der Waals surface area contributed by atoms with Crippen LogP contribution in [0.5, 0.6) is 0 Å². The van der Waals surface area contributed by atoms with E-state index in [1.54, 1.807) is 26.8 Å². The highest BCUT2D eigenvalue weighted by Gasteiger charge is 2.06. The van der Waals surface area contributed by atoms with Crippen LogP contribution in [0.3, 0.4) is 0 Å². The van der Waals surface area contributed by atoms with Gasteiger partial charge in [0.15, 0.2) is 5.76 Å². The molecule has 0 heterocycles. The molecular weight excluding hydrogens is 128 g/mol. The van der Waals surface area contributed by atoms with E-state index in [-0.39, 0.29) is 11.5 Å². The Kier molecular flexibility index (Phi) is 3.47. The fourth-order valence-corrected chi connectivity index (χ4v) is 0.464. The molecule has 10 heavy (non-hydrogen) atoms. The minimum atomic E-state index is -0.301. The summed E-state index contributed by atoms with van der Waals surface area (Å²) in [6.07, 6.45) is 3.05. The van der Waals surface area contributed by atoms with Crippen LogP contribution in [0.1, 0.15) is 20.8 Å². The molecule has 0 spiro atoms. The molecule has 0 rings (SSSR count). The second-order valence-electron chi connectivity index (χ2n) is 1.97. The largest absolute Gasteiger partial charge is 0.504 e. The van der Waals surface area contributed by atoms with Gasteiger partial charge in [-0.2, -0.15) is 0 Å². The van der Waals surface area contributed by atoms with E-state index in [1.165, 1.54) is 6.08 Å². The number of rotatable bonds is 2. The number of allylic oxidation sites excluding steroid dienone is 3. The third-order valence-electron chi connectivity index (χ3n) is 1.30. The molecule has 0 aromatic rings. The van der Waals surface area contributed by atoms with Crippen molar-refractivity contribution in [2.24, 2.45) is 0 Å². The van der Waals surface area contributed by atoms with Crippen LogP contribution in [0.15, 0.2) is 23.5 Å². The summed E-state index contributed by atoms with van der Waals surface area (Å²) in [5.74, 6) is -0.486. The Balaban J connectivity index is 4.39. The van der Waals surface area contributed by atoms with Crippen LogP contribution >= 0.6 is 0 Å². The fraction of sp³-hybridized carbons (Fsp3) is 0.375. The van der Waals surface area contributed by atoms with Crippen molar-refractivity contribution in [1.29, 1.82) is 0 Å². The van der Waals surface area contributed by atoms with E-state index in [0.29, 0.717) is 5.57 Å². The van der Waals surface area contributed by atoms with E-state index >= 15 is 0 Å². The van der Waals surface area contributed by atoms with E-state index in [4.69, 9.17) is 5.11 Å². The van der Waals surface area contributed by atoms with Crippen LogP contribution in [0.2, 0.25) is 0 Å². The Morgan fingerprint density at radius 1 is 1.30 bits per heavy atom. The van der Waals surface area contributed by atoms with E-state index in [2.05, 4.69) is 0 Å². The highest BCUT2D eigenvalue weighted by Crippen LogP contribution is 2.01. The van der Waals surface area contributed by atoms with Crippen molar-refractivity contribution in [3.05, 3.63) is 23.5 Å². The van der Waals surface area contributed by atoms with Gasteiger partial charge in [0.2, 0.25) is 5.78 Å². The van der Waals surface area contributed by atoms with Crippen molar-refractivity contribution in [1.82, 2.24) is 0 Å². The molecule has 0 aliphatic rings. The first-order valence-electron chi connectivity index (χ1n) is 3.16. The molecule has 0 radical (unpaired) electrons. The zero-order valence-electron chi connectivity index (χ0n) is 6.51. The van der Waals surface area contributed by atoms with E-state index in [1.807, 2.05) is 0 Å². The van der Waals surface area contributed by atoms with Gasteiger partial charge in [0.25, 0.3) is 0 Å². The molecule has 0 amide bonds. The van der Waals surface area contributed by atoms with Crippen LogP contribution in [-0.2, 0) is 4.79 Å². The Bertz CT molecular complexity index is 167. The minimum absolute atomic E-state index is 0.185. The molecule has 0 saturated heterocycles. The van der Waals surface area contributed by atoms with Crippen molar-refractivity contribution in [2.45, 2.75) is 20.8 Å². The van der Waals surface area contributed by atoms with Crippen LogP contribution in [0.4, 0.5) is 0 Å². The van der Waals surface area contributed by atoms with Gasteiger partial charge in [-0.3, -0.25) is 4.79 Å². The molecule has 56 valence electrons. The van der Waals surface area contributed by atoms with Crippen molar-refractivity contribution in [3.63, 3.8) is 0 Å². The number of aliphatic hydroxyl groups excluding tert-OH is 1. The lowest BCUT2D eigenvalue weighted by molar-refractivity contribution is -0.114. The fourth-order valence-electron chi connectivity index (χ4n) is 0.464. The number of Topliss-reactive ketones (excluding diaryl/α,β-unsaturated/α-hetero) is 1. The highest BCUT2D eigenvalue weighted by molar-refractivity contribution is 6.05. The maximum absolute atomic E-state index is 10.9. The highest BCUT2D eigenvalue weighted by atomic mass is 16.3. The lowest BCUT2D eigenvalue weighted by Crippen LogP contribution is -2.02. The summed E-state index contributed by atoms with van der Waals surface area (Å²) < 4.78 is 0. The van der Waals surface area contributed by atoms with E-state index in [9.17, 15) is 4.79 Å². The van der Waals surface area contributed by atoms with Gasteiger partial charge in [-0.25, -0.2) is 0 Å². The van der Waals surface area contributed by atoms with Gasteiger partial charge in [-0.1, -0.05) is 6.08 Å². The molecular formula is C8H12O2. The van der Waals surface area contributed by atoms with E-state index in [0.717, 1.165) is 0 Å². The molecule has 0 aromatic carbocycles. The molecule has 2 heteroatoms. The standard InChI is InChI=1S/C8H12O2/c1-4-6(3)8(10)7(9)5-2/h4-5,9H,1-3H3/b6-4?,7-5+. The first kappa shape index (κ1) is 8.95. The normalized spacial score (nSPS) is 13.5. The van der Waals surface area contributed by atoms with Gasteiger partial charge < -0.3 is 5.11 Å². The maximum Gasteiger partial charge on any atom is 0.222 e. The summed E-state index contributed by atoms with van der Waals surface area (Å²) in [5, 5.41) is 8.90. The number of carbonyl (C=O) groups excluding carboxylic acids is 1. The molecule has 0 aromatic heterocycles. The summed E-state index contributed by atoms with van der Waals surface area (Å²) in [7, 11) is 0. The zero-order valence-corrected chi connectivity index (χ0v) is 6.51. The van der Waals surface area contributed by atoms with Gasteiger partial charge in [0.05, 0.1) is 0 Å². The minimum Gasteiger partial charge on any atom is -0.504 e. The van der Waals surface area contributed by atoms with Crippen molar-refractivity contribution in [2.75, 3.05) is 0 Å². The summed E-state index contributed by atoms with van der Waals surface area (Å²) in [6.45, 7) is 5.05. The Hall–Kier alpha value is -1.05. The Labute approximate surface area is 60.9 Å². The summed E-state index contributed by atoms with van der Waals surface area (Å²) in [4.78, 5) is 10.9. The predicted molar refractivity (Wildman–Crippen MR) is 40.8 cm³/mol. The zero-order chi connectivity index (χ0) is 8.15. The summed E-state index contributed by atoms with van der Waals surface area (Å²) in [5.41, 5.74) is 0.565. The second-order valence-corrected chi connectivity index (χ2v) is 1.97. The molecule has 0 bridgehead atoms. The van der Waals surface area contributed by atoms with Crippen LogP contribution in [0.25, 0.3) is 0 Å². The Morgan fingerprint density at radius 3 is 2.10 bits per heavy atom. The number of aliphatic hydroxyl groups is 1. The molecule has 0 aliphatic carbocycles. The van der Waals surface area contributed by atoms with Crippen LogP contribution in [-0.4, -0.2) is 10.9 Å². The molecule has 0 atom stereocenters. The predicted octanol–water partition coefficient (Wildman–Crippen LogP) is 1.98. The number of ketones is 1. The molecule has 1 N–H and O–H groups in total. The van der Waals surface area contributed by atoms with Gasteiger partial charge in [-0.15, -0.1) is 0 Å². The van der Waals surface area contributed by atoms with Crippen molar-refractivity contribution < 1.29 is 9.90 Å². The third kappa shape index (κ3) is 2.05. The van der Waals surface area contributed by atoms with Crippen molar-refractivity contribution in [3.8, 4) is 0 Å². The van der Waals surface area contributed by atoms with Gasteiger partial charge in [0, 0.05) is 0 Å².